The molecule has 1 saturated heterocycles. The van der Waals surface area contributed by atoms with Crippen molar-refractivity contribution in [3.05, 3.63) is 16.5 Å². The molecular weight excluding hydrogens is 350 g/mol. The molecule has 2 atom stereocenters. The number of nitrogens with two attached hydrogens (primary N) is 1. The molecule has 9 nitrogen and oxygen atoms in total. The maximum Gasteiger partial charge on any atom is 0.328 e. The molecule has 0 bridgehead atoms. The number of methoxy groups -OCH3 is 1. The van der Waals surface area contributed by atoms with Gasteiger partial charge in [0.2, 0.25) is 5.91 Å². The highest BCUT2D eigenvalue weighted by molar-refractivity contribution is 7.14. The van der Waals surface area contributed by atoms with Crippen molar-refractivity contribution in [2.45, 2.75) is 31.8 Å². The van der Waals surface area contributed by atoms with E-state index in [1.54, 1.807) is 0 Å². The minimum Gasteiger partial charge on any atom is -0.467 e. The molecule has 2 aliphatic heterocycles. The van der Waals surface area contributed by atoms with Crippen LogP contribution in [0.5, 0.6) is 0 Å². The molecule has 132 valence electrons. The number of rotatable bonds is 3. The standard InChI is InChI=1S/C15H15N3O6S/c1-6(15(23)24-2)17-9(19)4-3-8(13(17)21)18-12(20)7-5-25-11(16)10(7)14(18)22/h5-6,8H,3-4,16H2,1-2H3. The van der Waals surface area contributed by atoms with E-state index >= 15 is 0 Å². The zero-order chi connectivity index (χ0) is 18.5. The Morgan fingerprint density at radius 2 is 2.00 bits per heavy atom. The highest BCUT2D eigenvalue weighted by atomic mass is 32.1. The van der Waals surface area contributed by atoms with Gasteiger partial charge in [0.25, 0.3) is 17.7 Å². The van der Waals surface area contributed by atoms with Crippen LogP contribution in [0.3, 0.4) is 0 Å². The van der Waals surface area contributed by atoms with Gasteiger partial charge in [-0.05, 0) is 13.3 Å². The summed E-state index contributed by atoms with van der Waals surface area (Å²) in [6.07, 6.45) is -0.0652. The Labute approximate surface area is 146 Å². The van der Waals surface area contributed by atoms with Crippen molar-refractivity contribution in [2.75, 3.05) is 12.8 Å². The maximum atomic E-state index is 12.8. The lowest BCUT2D eigenvalue weighted by molar-refractivity contribution is -0.163. The monoisotopic (exact) mass is 365 g/mol. The lowest BCUT2D eigenvalue weighted by atomic mass is 10.0. The number of likely N-dealkylation sites (tertiary alicyclic amines) is 1. The number of hydrogen-bond donors (Lipinski definition) is 1. The van der Waals surface area contributed by atoms with Gasteiger partial charge in [-0.25, -0.2) is 4.79 Å². The zero-order valence-electron chi connectivity index (χ0n) is 13.5. The number of imide groups is 2. The fourth-order valence-electron chi connectivity index (χ4n) is 3.09. The molecule has 0 spiro atoms. The molecule has 4 amide bonds. The number of anilines is 1. The molecule has 0 radical (unpaired) electrons. The number of esters is 1. The van der Waals surface area contributed by atoms with Crippen LogP contribution < -0.4 is 5.73 Å². The lowest BCUT2D eigenvalue weighted by Gasteiger charge is -2.36. The number of amides is 4. The number of nitrogens with zero attached hydrogens (tertiary/aromatic N) is 2. The van der Waals surface area contributed by atoms with Crippen molar-refractivity contribution in [2.24, 2.45) is 0 Å². The maximum absolute atomic E-state index is 12.8. The number of thiophene rings is 1. The van der Waals surface area contributed by atoms with Crippen molar-refractivity contribution in [3.63, 3.8) is 0 Å². The fourth-order valence-corrected chi connectivity index (χ4v) is 3.86. The van der Waals surface area contributed by atoms with E-state index in [9.17, 15) is 24.0 Å². The van der Waals surface area contributed by atoms with Gasteiger partial charge in [0, 0.05) is 11.8 Å². The van der Waals surface area contributed by atoms with Crippen LogP contribution in [0.2, 0.25) is 0 Å². The molecule has 25 heavy (non-hydrogen) atoms. The van der Waals surface area contributed by atoms with Gasteiger partial charge < -0.3 is 10.5 Å². The topological polar surface area (TPSA) is 127 Å². The Morgan fingerprint density at radius 1 is 1.32 bits per heavy atom. The number of hydrogen-bond acceptors (Lipinski definition) is 8. The summed E-state index contributed by atoms with van der Waals surface area (Å²) in [5.74, 6) is -3.36. The molecule has 1 aromatic heterocycles. The van der Waals surface area contributed by atoms with Gasteiger partial charge in [-0.3, -0.25) is 29.0 Å². The molecule has 0 aliphatic carbocycles. The van der Waals surface area contributed by atoms with Crippen molar-refractivity contribution in [3.8, 4) is 0 Å². The summed E-state index contributed by atoms with van der Waals surface area (Å²) in [7, 11) is 1.14. The third-order valence-electron chi connectivity index (χ3n) is 4.37. The van der Waals surface area contributed by atoms with Crippen LogP contribution in [0.1, 0.15) is 40.5 Å². The minimum absolute atomic E-state index is 0.00709. The van der Waals surface area contributed by atoms with Gasteiger partial charge in [0.1, 0.15) is 12.1 Å². The Kier molecular flexibility index (Phi) is 4.07. The molecule has 3 rings (SSSR count). The second-order valence-electron chi connectivity index (χ2n) is 5.72. The SMILES string of the molecule is COC(=O)C(C)N1C(=O)CCC(N2C(=O)c3csc(N)c3C2=O)C1=O. The molecule has 3 heterocycles. The van der Waals surface area contributed by atoms with Crippen molar-refractivity contribution in [1.82, 2.24) is 9.80 Å². The first-order valence-corrected chi connectivity index (χ1v) is 8.36. The summed E-state index contributed by atoms with van der Waals surface area (Å²) in [5, 5.41) is 1.67. The largest absolute Gasteiger partial charge is 0.467 e. The van der Waals surface area contributed by atoms with Gasteiger partial charge in [-0.2, -0.15) is 0 Å². The molecule has 1 fully saturated rings. The summed E-state index contributed by atoms with van der Waals surface area (Å²) in [6.45, 7) is 1.35. The predicted octanol–water partition coefficient (Wildman–Crippen LogP) is 0.00540. The predicted molar refractivity (Wildman–Crippen MR) is 85.6 cm³/mol. The lowest BCUT2D eigenvalue weighted by Crippen LogP contribution is -2.59. The van der Waals surface area contributed by atoms with E-state index < -0.39 is 41.7 Å². The van der Waals surface area contributed by atoms with Gasteiger partial charge in [0.15, 0.2) is 0 Å². The van der Waals surface area contributed by atoms with Crippen molar-refractivity contribution >= 4 is 45.9 Å². The van der Waals surface area contributed by atoms with E-state index in [4.69, 9.17) is 5.73 Å². The highest BCUT2D eigenvalue weighted by Crippen LogP contribution is 2.36. The Balaban J connectivity index is 1.92. The molecule has 2 aliphatic rings. The van der Waals surface area contributed by atoms with E-state index in [2.05, 4.69) is 4.74 Å². The van der Waals surface area contributed by atoms with Gasteiger partial charge in [0.05, 0.1) is 23.2 Å². The number of carbonyl (C=O) groups excluding carboxylic acids is 5. The first kappa shape index (κ1) is 17.1. The van der Waals surface area contributed by atoms with Crippen molar-refractivity contribution < 1.29 is 28.7 Å². The third-order valence-corrected chi connectivity index (χ3v) is 5.18. The van der Waals surface area contributed by atoms with E-state index in [1.807, 2.05) is 0 Å². The number of carbonyl (C=O) groups is 5. The second-order valence-corrected chi connectivity index (χ2v) is 6.64. The molecule has 1 aromatic rings. The van der Waals surface area contributed by atoms with Crippen LogP contribution >= 0.6 is 11.3 Å². The Morgan fingerprint density at radius 3 is 2.60 bits per heavy atom. The van der Waals surface area contributed by atoms with E-state index in [1.165, 1.54) is 12.3 Å². The van der Waals surface area contributed by atoms with E-state index in [-0.39, 0.29) is 29.0 Å². The zero-order valence-corrected chi connectivity index (χ0v) is 14.3. The van der Waals surface area contributed by atoms with Crippen LogP contribution in [0.4, 0.5) is 5.00 Å². The molecule has 10 heteroatoms. The number of ether oxygens (including phenoxy) is 1. The van der Waals surface area contributed by atoms with E-state index in [0.29, 0.717) is 0 Å². The van der Waals surface area contributed by atoms with Crippen LogP contribution in [-0.4, -0.2) is 58.6 Å². The summed E-state index contributed by atoms with van der Waals surface area (Å²) in [5.41, 5.74) is 5.98. The average molecular weight is 365 g/mol. The molecule has 2 unspecified atom stereocenters. The number of nitrogen functional groups attached to an aromatic ring is 1. The smallest absolute Gasteiger partial charge is 0.328 e. The summed E-state index contributed by atoms with van der Waals surface area (Å²) in [4.78, 5) is 63.3. The van der Waals surface area contributed by atoms with Crippen molar-refractivity contribution in [1.29, 1.82) is 0 Å². The van der Waals surface area contributed by atoms with Crippen LogP contribution in [0, 0.1) is 0 Å². The van der Waals surface area contributed by atoms with Gasteiger partial charge >= 0.3 is 5.97 Å². The van der Waals surface area contributed by atoms with Crippen LogP contribution in [0.15, 0.2) is 5.38 Å². The third kappa shape index (κ3) is 2.40. The quantitative estimate of drug-likeness (QED) is 0.590. The molecule has 0 saturated carbocycles. The highest BCUT2D eigenvalue weighted by Gasteiger charge is 2.49. The normalized spacial score (nSPS) is 21.6. The first-order valence-electron chi connectivity index (χ1n) is 7.48. The van der Waals surface area contributed by atoms with Gasteiger partial charge in [-0.15, -0.1) is 11.3 Å². The first-order chi connectivity index (χ1) is 11.8. The summed E-state index contributed by atoms with van der Waals surface area (Å²) >= 11 is 1.08. The van der Waals surface area contributed by atoms with Crippen LogP contribution in [-0.2, 0) is 19.1 Å². The number of fused-ring (bicyclic) bond motifs is 1. The van der Waals surface area contributed by atoms with Gasteiger partial charge in [-0.1, -0.05) is 0 Å². The fraction of sp³-hybridized carbons (Fsp3) is 0.400. The van der Waals surface area contributed by atoms with Crippen LogP contribution in [0.25, 0.3) is 0 Å². The number of piperidine rings is 1. The second kappa shape index (κ2) is 5.96. The van der Waals surface area contributed by atoms with E-state index in [0.717, 1.165) is 28.2 Å². The Hall–Kier alpha value is -2.75. The summed E-state index contributed by atoms with van der Waals surface area (Å²) < 4.78 is 4.57. The average Bonchev–Trinajstić information content (AvgIpc) is 3.07. The minimum atomic E-state index is -1.15. The molecule has 2 N–H and O–H groups in total. The summed E-state index contributed by atoms with van der Waals surface area (Å²) in [6, 6.07) is -2.29. The molecule has 0 aromatic carbocycles. The molecular formula is C15H15N3O6S. The Bertz CT molecular complexity index is 816.